The SMILES string of the molecule is CC1CCN(c2ccc(C(=N)N)cn2)CC1O. The Morgan fingerprint density at radius 1 is 1.59 bits per heavy atom. The van der Waals surface area contributed by atoms with Crippen LogP contribution in [-0.4, -0.2) is 35.1 Å². The van der Waals surface area contributed by atoms with E-state index >= 15 is 0 Å². The highest BCUT2D eigenvalue weighted by Crippen LogP contribution is 2.21. The van der Waals surface area contributed by atoms with E-state index in [2.05, 4.69) is 16.8 Å². The van der Waals surface area contributed by atoms with Gasteiger partial charge in [0.05, 0.1) is 6.10 Å². The molecule has 92 valence electrons. The summed E-state index contributed by atoms with van der Waals surface area (Å²) in [7, 11) is 0. The second-order valence-corrected chi connectivity index (χ2v) is 4.60. The molecule has 2 atom stereocenters. The van der Waals surface area contributed by atoms with Gasteiger partial charge in [-0.05, 0) is 24.5 Å². The van der Waals surface area contributed by atoms with E-state index in [4.69, 9.17) is 11.1 Å². The van der Waals surface area contributed by atoms with Crippen molar-refractivity contribution in [2.75, 3.05) is 18.0 Å². The zero-order valence-corrected chi connectivity index (χ0v) is 9.93. The summed E-state index contributed by atoms with van der Waals surface area (Å²) in [5, 5.41) is 17.1. The molecule has 0 aliphatic carbocycles. The van der Waals surface area contributed by atoms with Crippen molar-refractivity contribution in [3.8, 4) is 0 Å². The lowest BCUT2D eigenvalue weighted by molar-refractivity contribution is 0.102. The van der Waals surface area contributed by atoms with E-state index in [0.717, 1.165) is 18.8 Å². The van der Waals surface area contributed by atoms with Crippen LogP contribution in [0.2, 0.25) is 0 Å². The first-order chi connectivity index (χ1) is 8.08. The fraction of sp³-hybridized carbons (Fsp3) is 0.500. The number of nitrogens with two attached hydrogens (primary N) is 1. The van der Waals surface area contributed by atoms with Crippen LogP contribution in [0.3, 0.4) is 0 Å². The molecular weight excluding hydrogens is 216 g/mol. The zero-order valence-electron chi connectivity index (χ0n) is 9.93. The first-order valence-corrected chi connectivity index (χ1v) is 5.81. The van der Waals surface area contributed by atoms with Crippen LogP contribution in [0.25, 0.3) is 0 Å². The van der Waals surface area contributed by atoms with Crippen LogP contribution in [0.5, 0.6) is 0 Å². The zero-order chi connectivity index (χ0) is 12.4. The van der Waals surface area contributed by atoms with Crippen molar-refractivity contribution in [1.29, 1.82) is 5.41 Å². The van der Waals surface area contributed by atoms with Crippen LogP contribution in [0.15, 0.2) is 18.3 Å². The Morgan fingerprint density at radius 2 is 2.35 bits per heavy atom. The third kappa shape index (κ3) is 2.55. The van der Waals surface area contributed by atoms with Gasteiger partial charge in [0.25, 0.3) is 0 Å². The number of anilines is 1. The summed E-state index contributed by atoms with van der Waals surface area (Å²) in [6.45, 7) is 3.59. The van der Waals surface area contributed by atoms with Gasteiger partial charge in [0.2, 0.25) is 0 Å². The Balaban J connectivity index is 2.10. The highest BCUT2D eigenvalue weighted by Gasteiger charge is 2.24. The number of hydrogen-bond acceptors (Lipinski definition) is 4. The molecule has 0 bridgehead atoms. The molecule has 0 spiro atoms. The number of β-amino-alcohol motifs (C(OH)–C–C–N with tert-alkyl or cyclic N) is 1. The highest BCUT2D eigenvalue weighted by atomic mass is 16.3. The summed E-state index contributed by atoms with van der Waals surface area (Å²) in [5.41, 5.74) is 6.00. The van der Waals surface area contributed by atoms with E-state index in [1.54, 1.807) is 12.3 Å². The van der Waals surface area contributed by atoms with Crippen LogP contribution in [0.4, 0.5) is 5.82 Å². The summed E-state index contributed by atoms with van der Waals surface area (Å²) in [4.78, 5) is 6.34. The van der Waals surface area contributed by atoms with Gasteiger partial charge < -0.3 is 15.7 Å². The molecule has 1 saturated heterocycles. The molecule has 1 aromatic rings. The molecule has 0 aromatic carbocycles. The van der Waals surface area contributed by atoms with Gasteiger partial charge in [-0.3, -0.25) is 5.41 Å². The average Bonchev–Trinajstić information content (AvgIpc) is 2.33. The molecule has 0 amide bonds. The summed E-state index contributed by atoms with van der Waals surface area (Å²) < 4.78 is 0. The fourth-order valence-electron chi connectivity index (χ4n) is 1.99. The van der Waals surface area contributed by atoms with Gasteiger partial charge in [0, 0.05) is 24.8 Å². The molecule has 0 saturated carbocycles. The van der Waals surface area contributed by atoms with E-state index in [-0.39, 0.29) is 11.9 Å². The molecule has 17 heavy (non-hydrogen) atoms. The average molecular weight is 234 g/mol. The topological polar surface area (TPSA) is 86.2 Å². The second kappa shape index (κ2) is 4.71. The van der Waals surface area contributed by atoms with Crippen LogP contribution in [0.1, 0.15) is 18.9 Å². The van der Waals surface area contributed by atoms with Crippen molar-refractivity contribution in [2.24, 2.45) is 11.7 Å². The van der Waals surface area contributed by atoms with Gasteiger partial charge in [-0.1, -0.05) is 6.92 Å². The molecule has 2 rings (SSSR count). The molecule has 1 aromatic heterocycles. The molecule has 1 aliphatic rings. The lowest BCUT2D eigenvalue weighted by Crippen LogP contribution is -2.43. The maximum atomic E-state index is 9.83. The van der Waals surface area contributed by atoms with Gasteiger partial charge >= 0.3 is 0 Å². The number of nitrogens with zero attached hydrogens (tertiary/aromatic N) is 2. The van der Waals surface area contributed by atoms with Crippen LogP contribution >= 0.6 is 0 Å². The van der Waals surface area contributed by atoms with Crippen molar-refractivity contribution < 1.29 is 5.11 Å². The van der Waals surface area contributed by atoms with Crippen LogP contribution in [0, 0.1) is 11.3 Å². The van der Waals surface area contributed by atoms with E-state index in [0.29, 0.717) is 18.0 Å². The lowest BCUT2D eigenvalue weighted by atomic mass is 9.96. The smallest absolute Gasteiger partial charge is 0.128 e. The largest absolute Gasteiger partial charge is 0.391 e. The Kier molecular flexibility index (Phi) is 3.28. The van der Waals surface area contributed by atoms with Gasteiger partial charge in [-0.25, -0.2) is 4.98 Å². The Morgan fingerprint density at radius 3 is 2.88 bits per heavy atom. The molecule has 5 nitrogen and oxygen atoms in total. The molecule has 5 heteroatoms. The molecule has 1 aliphatic heterocycles. The predicted octanol–water partition coefficient (Wildman–Crippen LogP) is 0.573. The minimum absolute atomic E-state index is 0.0244. The van der Waals surface area contributed by atoms with Gasteiger partial charge in [-0.2, -0.15) is 0 Å². The van der Waals surface area contributed by atoms with Gasteiger partial charge in [0.15, 0.2) is 0 Å². The number of piperidine rings is 1. The van der Waals surface area contributed by atoms with E-state index in [1.807, 2.05) is 6.07 Å². The molecule has 1 fully saturated rings. The van der Waals surface area contributed by atoms with Crippen molar-refractivity contribution in [3.63, 3.8) is 0 Å². The third-order valence-electron chi connectivity index (χ3n) is 3.30. The number of aromatic nitrogens is 1. The number of amidine groups is 1. The van der Waals surface area contributed by atoms with Crippen molar-refractivity contribution in [2.45, 2.75) is 19.4 Å². The molecule has 2 unspecified atom stereocenters. The van der Waals surface area contributed by atoms with Gasteiger partial charge in [-0.15, -0.1) is 0 Å². The lowest BCUT2D eigenvalue weighted by Gasteiger charge is -2.35. The van der Waals surface area contributed by atoms with Crippen LogP contribution in [-0.2, 0) is 0 Å². The number of pyridine rings is 1. The molecule has 2 heterocycles. The first-order valence-electron chi connectivity index (χ1n) is 5.81. The monoisotopic (exact) mass is 234 g/mol. The number of rotatable bonds is 2. The number of nitrogen functional groups attached to an aromatic ring is 1. The van der Waals surface area contributed by atoms with E-state index in [1.165, 1.54) is 0 Å². The van der Waals surface area contributed by atoms with E-state index in [9.17, 15) is 5.11 Å². The number of hydrogen-bond donors (Lipinski definition) is 3. The first kappa shape index (κ1) is 11.9. The van der Waals surface area contributed by atoms with Crippen molar-refractivity contribution >= 4 is 11.7 Å². The van der Waals surface area contributed by atoms with E-state index < -0.39 is 0 Å². The number of aliphatic hydroxyl groups is 1. The second-order valence-electron chi connectivity index (χ2n) is 4.60. The Bertz CT molecular complexity index is 403. The van der Waals surface area contributed by atoms with Gasteiger partial charge in [0.1, 0.15) is 11.7 Å². The fourth-order valence-corrected chi connectivity index (χ4v) is 1.99. The minimum Gasteiger partial charge on any atom is -0.391 e. The molecule has 4 N–H and O–H groups in total. The predicted molar refractivity (Wildman–Crippen MR) is 67.3 cm³/mol. The standard InChI is InChI=1S/C12H18N4O/c1-8-4-5-16(7-10(8)17)11-3-2-9(6-15-11)12(13)14/h2-3,6,8,10,17H,4-5,7H2,1H3,(H3,13,14). The minimum atomic E-state index is -0.293. The third-order valence-corrected chi connectivity index (χ3v) is 3.30. The Labute approximate surface area is 101 Å². The quantitative estimate of drug-likeness (QED) is 0.516. The van der Waals surface area contributed by atoms with Crippen LogP contribution < -0.4 is 10.6 Å². The number of nitrogens with one attached hydrogen (secondary N) is 1. The normalized spacial score (nSPS) is 24.7. The summed E-state index contributed by atoms with van der Waals surface area (Å²) in [6, 6.07) is 3.63. The summed E-state index contributed by atoms with van der Waals surface area (Å²) >= 11 is 0. The number of aliphatic hydroxyl groups excluding tert-OH is 1. The maximum absolute atomic E-state index is 9.83. The molecular formula is C12H18N4O. The molecule has 0 radical (unpaired) electrons. The highest BCUT2D eigenvalue weighted by molar-refractivity contribution is 5.94. The van der Waals surface area contributed by atoms with Crippen molar-refractivity contribution in [3.05, 3.63) is 23.9 Å². The summed E-state index contributed by atoms with van der Waals surface area (Å²) in [5.74, 6) is 1.21. The maximum Gasteiger partial charge on any atom is 0.128 e. The summed E-state index contributed by atoms with van der Waals surface area (Å²) in [6.07, 6.45) is 2.28. The van der Waals surface area contributed by atoms with Crippen molar-refractivity contribution in [1.82, 2.24) is 4.98 Å². The Hall–Kier alpha value is -1.62.